The van der Waals surface area contributed by atoms with Gasteiger partial charge in [0, 0.05) is 23.3 Å². The number of pyridine rings is 1. The predicted octanol–water partition coefficient (Wildman–Crippen LogP) is 6.12. The molecule has 3 aromatic rings. The molecule has 0 aliphatic heterocycles. The molecule has 0 spiro atoms. The Kier molecular flexibility index (Phi) is 7.17. The van der Waals surface area contributed by atoms with Gasteiger partial charge in [0.1, 0.15) is 17.3 Å². The van der Waals surface area contributed by atoms with Crippen LogP contribution in [0.15, 0.2) is 36.5 Å². The molecular weight excluding hydrogens is 431 g/mol. The number of nitrogens with one attached hydrogen (secondary N) is 1. The fraction of sp³-hybridized carbons (Fsp3) is 0.286. The summed E-state index contributed by atoms with van der Waals surface area (Å²) in [7, 11) is 0. The summed E-state index contributed by atoms with van der Waals surface area (Å²) in [4.78, 5) is 21.8. The summed E-state index contributed by atoms with van der Waals surface area (Å²) in [5.41, 5.74) is 1.65. The maximum absolute atomic E-state index is 12.8. The van der Waals surface area contributed by atoms with Crippen molar-refractivity contribution < 1.29 is 4.79 Å². The number of unbranched alkanes of at least 4 members (excludes halogenated alkanes) is 2. The van der Waals surface area contributed by atoms with Crippen molar-refractivity contribution in [3.63, 3.8) is 0 Å². The molecule has 0 atom stereocenters. The van der Waals surface area contributed by atoms with Crippen LogP contribution < -0.4 is 5.32 Å². The summed E-state index contributed by atoms with van der Waals surface area (Å²) in [5, 5.41) is 4.42. The Balaban J connectivity index is 2.08. The molecule has 0 fully saturated rings. The number of hydrogen-bond donors (Lipinski definition) is 1. The van der Waals surface area contributed by atoms with Crippen molar-refractivity contribution in [2.24, 2.45) is 0 Å². The van der Waals surface area contributed by atoms with Crippen molar-refractivity contribution in [3.8, 4) is 17.2 Å². The maximum atomic E-state index is 12.8. The van der Waals surface area contributed by atoms with Crippen LogP contribution in [0.4, 0.5) is 0 Å². The molecule has 0 unspecified atom stereocenters. The maximum Gasteiger partial charge on any atom is 0.271 e. The summed E-state index contributed by atoms with van der Waals surface area (Å²) < 4.78 is 1.80. The number of carbonyl (C=O) groups is 1. The van der Waals surface area contributed by atoms with Crippen LogP contribution in [0.3, 0.4) is 0 Å². The van der Waals surface area contributed by atoms with Gasteiger partial charge in [0.25, 0.3) is 5.91 Å². The van der Waals surface area contributed by atoms with Gasteiger partial charge in [-0.1, -0.05) is 54.6 Å². The van der Waals surface area contributed by atoms with E-state index in [1.165, 1.54) is 0 Å². The Morgan fingerprint density at radius 1 is 1.10 bits per heavy atom. The Bertz CT molecular complexity index is 1020. The van der Waals surface area contributed by atoms with Gasteiger partial charge in [-0.2, -0.15) is 0 Å². The predicted molar refractivity (Wildman–Crippen MR) is 118 cm³/mol. The molecule has 0 radical (unpaired) electrons. The number of carbonyl (C=O) groups excluding carboxylic acids is 1. The quantitative estimate of drug-likeness (QED) is 0.440. The number of nitrogens with zero attached hydrogens (tertiary/aromatic N) is 3. The zero-order valence-corrected chi connectivity index (χ0v) is 18.4. The lowest BCUT2D eigenvalue weighted by atomic mass is 10.2. The minimum absolute atomic E-state index is 0.224. The van der Waals surface area contributed by atoms with Crippen LogP contribution in [0.2, 0.25) is 15.1 Å². The van der Waals surface area contributed by atoms with E-state index in [-0.39, 0.29) is 5.91 Å². The molecular formula is C21H21Cl3N4O. The molecule has 2 heterocycles. The topological polar surface area (TPSA) is 59.8 Å². The highest BCUT2D eigenvalue weighted by atomic mass is 35.5. The number of aromatic nitrogens is 3. The van der Waals surface area contributed by atoms with Crippen LogP contribution in [0.1, 0.15) is 42.4 Å². The highest BCUT2D eigenvalue weighted by Crippen LogP contribution is 2.33. The monoisotopic (exact) mass is 450 g/mol. The van der Waals surface area contributed by atoms with E-state index in [4.69, 9.17) is 34.8 Å². The van der Waals surface area contributed by atoms with E-state index < -0.39 is 0 Å². The molecule has 8 heteroatoms. The van der Waals surface area contributed by atoms with Crippen LogP contribution in [0.25, 0.3) is 17.2 Å². The largest absolute Gasteiger partial charge is 0.351 e. The molecule has 2 aromatic heterocycles. The van der Waals surface area contributed by atoms with Gasteiger partial charge in [-0.25, -0.2) is 9.97 Å². The molecule has 29 heavy (non-hydrogen) atoms. The zero-order valence-electron chi connectivity index (χ0n) is 16.2. The fourth-order valence-electron chi connectivity index (χ4n) is 3.01. The molecule has 0 saturated heterocycles. The van der Waals surface area contributed by atoms with Crippen molar-refractivity contribution in [3.05, 3.63) is 63.0 Å². The van der Waals surface area contributed by atoms with Gasteiger partial charge >= 0.3 is 0 Å². The van der Waals surface area contributed by atoms with E-state index in [9.17, 15) is 4.79 Å². The average molecular weight is 452 g/mol. The number of hydrogen-bond acceptors (Lipinski definition) is 3. The minimum atomic E-state index is -0.224. The van der Waals surface area contributed by atoms with E-state index >= 15 is 0 Å². The second-order valence-corrected chi connectivity index (χ2v) is 7.91. The zero-order chi connectivity index (χ0) is 21.0. The summed E-state index contributed by atoms with van der Waals surface area (Å²) in [6.07, 6.45) is 4.63. The Morgan fingerprint density at radius 3 is 2.52 bits per heavy atom. The van der Waals surface area contributed by atoms with Crippen LogP contribution in [-0.2, 0) is 0 Å². The molecule has 1 amide bonds. The van der Waals surface area contributed by atoms with Gasteiger partial charge in [0.05, 0.1) is 15.7 Å². The molecule has 3 rings (SSSR count). The van der Waals surface area contributed by atoms with Gasteiger partial charge in [-0.3, -0.25) is 9.36 Å². The van der Waals surface area contributed by atoms with Crippen molar-refractivity contribution in [1.29, 1.82) is 0 Å². The summed E-state index contributed by atoms with van der Waals surface area (Å²) in [6.45, 7) is 4.56. The van der Waals surface area contributed by atoms with E-state index in [2.05, 4.69) is 22.2 Å². The summed E-state index contributed by atoms with van der Waals surface area (Å²) in [5.74, 6) is 0.876. The van der Waals surface area contributed by atoms with Gasteiger partial charge < -0.3 is 5.32 Å². The first-order valence-corrected chi connectivity index (χ1v) is 10.5. The van der Waals surface area contributed by atoms with Gasteiger partial charge in [-0.05, 0) is 43.7 Å². The molecule has 1 aromatic carbocycles. The Hall–Kier alpha value is -2.08. The Labute approximate surface area is 185 Å². The number of amides is 1. The molecule has 0 aliphatic carbocycles. The van der Waals surface area contributed by atoms with Crippen molar-refractivity contribution in [1.82, 2.24) is 19.9 Å². The molecule has 0 aliphatic rings. The van der Waals surface area contributed by atoms with Gasteiger partial charge in [0.15, 0.2) is 0 Å². The van der Waals surface area contributed by atoms with Crippen LogP contribution in [0.5, 0.6) is 0 Å². The third kappa shape index (κ3) is 4.92. The van der Waals surface area contributed by atoms with E-state index in [0.717, 1.165) is 19.3 Å². The van der Waals surface area contributed by atoms with Crippen LogP contribution in [-0.4, -0.2) is 27.0 Å². The molecule has 0 bridgehead atoms. The molecule has 5 nitrogen and oxygen atoms in total. The van der Waals surface area contributed by atoms with Gasteiger partial charge in [-0.15, -0.1) is 0 Å². The number of rotatable bonds is 7. The first kappa shape index (κ1) is 21.6. The fourth-order valence-corrected chi connectivity index (χ4v) is 3.61. The highest BCUT2D eigenvalue weighted by molar-refractivity contribution is 6.36. The van der Waals surface area contributed by atoms with Gasteiger partial charge in [0.2, 0.25) is 0 Å². The highest BCUT2D eigenvalue weighted by Gasteiger charge is 2.23. The molecule has 152 valence electrons. The SMILES string of the molecule is CCCCCNC(=O)c1nc(-c2ccc(Cl)cc2Cl)n(-c2ccc(Cl)cn2)c1C. The van der Waals surface area contributed by atoms with E-state index in [0.29, 0.717) is 50.2 Å². The van der Waals surface area contributed by atoms with Crippen molar-refractivity contribution in [2.75, 3.05) is 6.54 Å². The summed E-state index contributed by atoms with van der Waals surface area (Å²) in [6, 6.07) is 8.67. The third-order valence-electron chi connectivity index (χ3n) is 4.50. The molecule has 1 N–H and O–H groups in total. The van der Waals surface area contributed by atoms with Crippen LogP contribution in [0, 0.1) is 6.92 Å². The number of halogens is 3. The second-order valence-electron chi connectivity index (χ2n) is 6.63. The lowest BCUT2D eigenvalue weighted by Crippen LogP contribution is -2.25. The van der Waals surface area contributed by atoms with Crippen LogP contribution >= 0.6 is 34.8 Å². The first-order chi connectivity index (χ1) is 13.9. The Morgan fingerprint density at radius 2 is 1.86 bits per heavy atom. The number of benzene rings is 1. The normalized spacial score (nSPS) is 10.9. The lowest BCUT2D eigenvalue weighted by Gasteiger charge is -2.11. The average Bonchev–Trinajstić information content (AvgIpc) is 3.03. The third-order valence-corrected chi connectivity index (χ3v) is 5.27. The second kappa shape index (κ2) is 9.61. The smallest absolute Gasteiger partial charge is 0.271 e. The first-order valence-electron chi connectivity index (χ1n) is 9.37. The standard InChI is InChI=1S/C21H21Cl3N4O/c1-3-4-5-10-25-21(29)19-13(2)28(18-9-7-15(23)12-26-18)20(27-19)16-8-6-14(22)11-17(16)24/h6-9,11-12H,3-5,10H2,1-2H3,(H,25,29). The van der Waals surface area contributed by atoms with Crippen molar-refractivity contribution >= 4 is 40.7 Å². The van der Waals surface area contributed by atoms with Crippen molar-refractivity contribution in [2.45, 2.75) is 33.1 Å². The number of imidazole rings is 1. The minimum Gasteiger partial charge on any atom is -0.351 e. The summed E-state index contributed by atoms with van der Waals surface area (Å²) >= 11 is 18.5. The van der Waals surface area contributed by atoms with E-state index in [1.807, 2.05) is 6.92 Å². The molecule has 0 saturated carbocycles. The van der Waals surface area contributed by atoms with E-state index in [1.54, 1.807) is 41.1 Å². The lowest BCUT2D eigenvalue weighted by molar-refractivity contribution is 0.0948.